The fourth-order valence-corrected chi connectivity index (χ4v) is 4.22. The van der Waals surface area contributed by atoms with E-state index in [0.717, 1.165) is 44.6 Å². The number of piperidine rings is 1. The van der Waals surface area contributed by atoms with Crippen molar-refractivity contribution in [2.75, 3.05) is 13.1 Å². The van der Waals surface area contributed by atoms with Gasteiger partial charge in [0.15, 0.2) is 0 Å². The molecule has 1 aromatic carbocycles. The zero-order chi connectivity index (χ0) is 20.3. The van der Waals surface area contributed by atoms with Crippen LogP contribution in [0.15, 0.2) is 24.3 Å². The number of aromatic hydroxyl groups is 1. The fourth-order valence-electron chi connectivity index (χ4n) is 4.22. The predicted molar refractivity (Wildman–Crippen MR) is 112 cm³/mol. The van der Waals surface area contributed by atoms with E-state index in [4.69, 9.17) is 0 Å². The van der Waals surface area contributed by atoms with Gasteiger partial charge in [-0.3, -0.25) is 9.48 Å². The van der Waals surface area contributed by atoms with Crippen molar-refractivity contribution in [3.63, 3.8) is 0 Å². The van der Waals surface area contributed by atoms with Crippen LogP contribution in [0.25, 0.3) is 0 Å². The van der Waals surface area contributed by atoms with Crippen LogP contribution in [0, 0.1) is 19.8 Å². The third-order valence-electron chi connectivity index (χ3n) is 5.87. The standard InChI is InChI=1S/C23H33N3O2/c1-16(2)15-26-18(4)22(17(3)24-26)9-10-23(28)25-13-11-20(12-14-25)19-5-7-21(27)8-6-19/h5-8,16,20,27H,9-15H2,1-4H3. The second kappa shape index (κ2) is 8.80. The second-order valence-electron chi connectivity index (χ2n) is 8.47. The van der Waals surface area contributed by atoms with E-state index in [1.807, 2.05) is 24.0 Å². The van der Waals surface area contributed by atoms with Gasteiger partial charge in [0.05, 0.1) is 5.69 Å². The molecule has 0 aliphatic carbocycles. The molecule has 152 valence electrons. The van der Waals surface area contributed by atoms with Crippen molar-refractivity contribution in [1.29, 1.82) is 0 Å². The van der Waals surface area contributed by atoms with E-state index >= 15 is 0 Å². The lowest BCUT2D eigenvalue weighted by Crippen LogP contribution is -2.38. The summed E-state index contributed by atoms with van der Waals surface area (Å²) >= 11 is 0. The first-order valence-corrected chi connectivity index (χ1v) is 10.4. The Balaban J connectivity index is 1.52. The summed E-state index contributed by atoms with van der Waals surface area (Å²) in [6, 6.07) is 7.49. The van der Waals surface area contributed by atoms with Crippen molar-refractivity contribution in [3.05, 3.63) is 46.8 Å². The molecule has 28 heavy (non-hydrogen) atoms. The lowest BCUT2D eigenvalue weighted by atomic mass is 9.89. The van der Waals surface area contributed by atoms with E-state index in [1.54, 1.807) is 12.1 Å². The highest BCUT2D eigenvalue weighted by Crippen LogP contribution is 2.29. The quantitative estimate of drug-likeness (QED) is 0.813. The Hall–Kier alpha value is -2.30. The number of carbonyl (C=O) groups is 1. The molecule has 0 radical (unpaired) electrons. The van der Waals surface area contributed by atoms with Gasteiger partial charge in [-0.2, -0.15) is 5.10 Å². The molecule has 1 aromatic heterocycles. The average Bonchev–Trinajstić information content (AvgIpc) is 2.93. The van der Waals surface area contributed by atoms with E-state index < -0.39 is 0 Å². The predicted octanol–water partition coefficient (Wildman–Crippen LogP) is 4.20. The zero-order valence-corrected chi connectivity index (χ0v) is 17.6. The average molecular weight is 384 g/mol. The SMILES string of the molecule is Cc1nn(CC(C)C)c(C)c1CCC(=O)N1CCC(c2ccc(O)cc2)CC1. The molecular weight excluding hydrogens is 350 g/mol. The molecule has 0 bridgehead atoms. The van der Waals surface area contributed by atoms with E-state index in [2.05, 4.69) is 30.6 Å². The Morgan fingerprint density at radius 2 is 1.82 bits per heavy atom. The van der Waals surface area contributed by atoms with Crippen molar-refractivity contribution in [1.82, 2.24) is 14.7 Å². The number of hydrogen-bond acceptors (Lipinski definition) is 3. The second-order valence-corrected chi connectivity index (χ2v) is 8.47. The maximum Gasteiger partial charge on any atom is 0.222 e. The van der Waals surface area contributed by atoms with E-state index in [0.29, 0.717) is 24.0 Å². The van der Waals surface area contributed by atoms with Crippen molar-refractivity contribution in [3.8, 4) is 5.75 Å². The maximum atomic E-state index is 12.7. The lowest BCUT2D eigenvalue weighted by molar-refractivity contribution is -0.132. The minimum Gasteiger partial charge on any atom is -0.508 e. The van der Waals surface area contributed by atoms with Crippen molar-refractivity contribution in [2.24, 2.45) is 5.92 Å². The molecule has 0 spiro atoms. The molecule has 0 saturated carbocycles. The number of phenols is 1. The maximum absolute atomic E-state index is 12.7. The van der Waals surface area contributed by atoms with Gasteiger partial charge < -0.3 is 10.0 Å². The van der Waals surface area contributed by atoms with Crippen LogP contribution in [0.1, 0.15) is 61.5 Å². The van der Waals surface area contributed by atoms with Gasteiger partial charge in [-0.1, -0.05) is 26.0 Å². The number of rotatable bonds is 6. The molecule has 2 aromatic rings. The number of hydrogen-bond donors (Lipinski definition) is 1. The molecule has 0 atom stereocenters. The van der Waals surface area contributed by atoms with Gasteiger partial charge in [0.1, 0.15) is 5.75 Å². The number of carbonyl (C=O) groups excluding carboxylic acids is 1. The summed E-state index contributed by atoms with van der Waals surface area (Å²) in [6.45, 7) is 11.1. The van der Waals surface area contributed by atoms with Crippen LogP contribution >= 0.6 is 0 Å². The fraction of sp³-hybridized carbons (Fsp3) is 0.565. The molecule has 0 unspecified atom stereocenters. The van der Waals surface area contributed by atoms with Gasteiger partial charge in [0, 0.05) is 31.7 Å². The number of phenolic OH excluding ortho intramolecular Hbond substituents is 1. The number of amides is 1. The molecule has 1 N–H and O–H groups in total. The van der Waals surface area contributed by atoms with Crippen molar-refractivity contribution in [2.45, 2.75) is 65.8 Å². The van der Waals surface area contributed by atoms with Crippen LogP contribution in [0.2, 0.25) is 0 Å². The van der Waals surface area contributed by atoms with Gasteiger partial charge in [0.2, 0.25) is 5.91 Å². The zero-order valence-electron chi connectivity index (χ0n) is 17.6. The molecule has 1 aliphatic heterocycles. The first-order chi connectivity index (χ1) is 13.3. The highest BCUT2D eigenvalue weighted by molar-refractivity contribution is 5.76. The molecule has 5 heteroatoms. The number of benzene rings is 1. The first kappa shape index (κ1) is 20.4. The summed E-state index contributed by atoms with van der Waals surface area (Å²) in [5, 5.41) is 14.1. The monoisotopic (exact) mass is 383 g/mol. The highest BCUT2D eigenvalue weighted by atomic mass is 16.3. The summed E-state index contributed by atoms with van der Waals surface area (Å²) in [6.07, 6.45) is 3.30. The Morgan fingerprint density at radius 3 is 2.43 bits per heavy atom. The third-order valence-corrected chi connectivity index (χ3v) is 5.87. The molecule has 5 nitrogen and oxygen atoms in total. The van der Waals surface area contributed by atoms with E-state index in [1.165, 1.54) is 16.8 Å². The number of likely N-dealkylation sites (tertiary alicyclic amines) is 1. The van der Waals surface area contributed by atoms with E-state index in [-0.39, 0.29) is 5.91 Å². The van der Waals surface area contributed by atoms with E-state index in [9.17, 15) is 9.90 Å². The topological polar surface area (TPSA) is 58.4 Å². The number of aromatic nitrogens is 2. The van der Waals surface area contributed by atoms with Gasteiger partial charge in [0.25, 0.3) is 0 Å². The van der Waals surface area contributed by atoms with Gasteiger partial charge >= 0.3 is 0 Å². The van der Waals surface area contributed by atoms with Gasteiger partial charge in [-0.05, 0) is 68.2 Å². The summed E-state index contributed by atoms with van der Waals surface area (Å²) in [5.74, 6) is 1.59. The third kappa shape index (κ3) is 4.75. The van der Waals surface area contributed by atoms with Crippen molar-refractivity contribution < 1.29 is 9.90 Å². The summed E-state index contributed by atoms with van der Waals surface area (Å²) in [4.78, 5) is 14.7. The normalized spacial score (nSPS) is 15.4. The minimum absolute atomic E-state index is 0.250. The molecular formula is C23H33N3O2. The molecule has 2 heterocycles. The summed E-state index contributed by atoms with van der Waals surface area (Å²) in [5.41, 5.74) is 4.74. The lowest BCUT2D eigenvalue weighted by Gasteiger charge is -2.32. The van der Waals surface area contributed by atoms with Crippen LogP contribution in [0.4, 0.5) is 0 Å². The first-order valence-electron chi connectivity index (χ1n) is 10.4. The largest absolute Gasteiger partial charge is 0.508 e. The molecule has 1 aliphatic rings. The number of aryl methyl sites for hydroxylation is 1. The summed E-state index contributed by atoms with van der Waals surface area (Å²) < 4.78 is 2.09. The van der Waals surface area contributed by atoms with Crippen LogP contribution in [0.5, 0.6) is 5.75 Å². The van der Waals surface area contributed by atoms with Gasteiger partial charge in [-0.25, -0.2) is 0 Å². The van der Waals surface area contributed by atoms with Crippen molar-refractivity contribution >= 4 is 5.91 Å². The molecule has 3 rings (SSSR count). The Bertz CT molecular complexity index is 800. The van der Waals surface area contributed by atoms with Crippen LogP contribution < -0.4 is 0 Å². The van der Waals surface area contributed by atoms with Crippen LogP contribution in [-0.2, 0) is 17.8 Å². The molecule has 1 saturated heterocycles. The number of nitrogens with zero attached hydrogens (tertiary/aromatic N) is 3. The van der Waals surface area contributed by atoms with Crippen LogP contribution in [-0.4, -0.2) is 38.8 Å². The van der Waals surface area contributed by atoms with Gasteiger partial charge in [-0.15, -0.1) is 0 Å². The Morgan fingerprint density at radius 1 is 1.18 bits per heavy atom. The smallest absolute Gasteiger partial charge is 0.222 e. The molecule has 1 fully saturated rings. The summed E-state index contributed by atoms with van der Waals surface area (Å²) in [7, 11) is 0. The Kier molecular flexibility index (Phi) is 6.42. The minimum atomic E-state index is 0.250. The molecule has 1 amide bonds. The highest BCUT2D eigenvalue weighted by Gasteiger charge is 2.24. The Labute approximate surface area is 168 Å². The van der Waals surface area contributed by atoms with Crippen LogP contribution in [0.3, 0.4) is 0 Å².